The lowest BCUT2D eigenvalue weighted by Gasteiger charge is -2.16. The predicted molar refractivity (Wildman–Crippen MR) is 81.0 cm³/mol. The normalized spacial score (nSPS) is 14.2. The standard InChI is InChI=1S/C16H27NO3/c1-3-19-9-10-20-13-16(18)12-17-11-14(2)15-7-5-4-6-8-15/h4-8,14,16-18H,3,9-13H2,1-2H3. The molecule has 0 bridgehead atoms. The summed E-state index contributed by atoms with van der Waals surface area (Å²) >= 11 is 0. The van der Waals surface area contributed by atoms with Crippen LogP contribution in [0.1, 0.15) is 25.3 Å². The number of rotatable bonds is 11. The highest BCUT2D eigenvalue weighted by atomic mass is 16.5. The van der Waals surface area contributed by atoms with Crippen molar-refractivity contribution in [3.05, 3.63) is 35.9 Å². The average Bonchev–Trinajstić information content (AvgIpc) is 2.48. The minimum Gasteiger partial charge on any atom is -0.389 e. The van der Waals surface area contributed by atoms with Crippen LogP contribution in [0.5, 0.6) is 0 Å². The second-order valence-electron chi connectivity index (χ2n) is 4.90. The van der Waals surface area contributed by atoms with Gasteiger partial charge >= 0.3 is 0 Å². The average molecular weight is 281 g/mol. The molecular weight excluding hydrogens is 254 g/mol. The van der Waals surface area contributed by atoms with Crippen molar-refractivity contribution >= 4 is 0 Å². The molecule has 0 amide bonds. The number of nitrogens with one attached hydrogen (secondary N) is 1. The van der Waals surface area contributed by atoms with Gasteiger partial charge < -0.3 is 19.9 Å². The van der Waals surface area contributed by atoms with Crippen molar-refractivity contribution in [3.8, 4) is 0 Å². The van der Waals surface area contributed by atoms with Crippen LogP contribution in [-0.4, -0.2) is 50.7 Å². The Hall–Kier alpha value is -0.940. The van der Waals surface area contributed by atoms with Crippen LogP contribution >= 0.6 is 0 Å². The molecule has 1 aromatic carbocycles. The van der Waals surface area contributed by atoms with Gasteiger partial charge in [-0.15, -0.1) is 0 Å². The molecule has 0 aliphatic carbocycles. The fourth-order valence-electron chi connectivity index (χ4n) is 1.91. The first kappa shape index (κ1) is 17.1. The molecule has 0 aromatic heterocycles. The first-order chi connectivity index (χ1) is 9.74. The monoisotopic (exact) mass is 281 g/mol. The van der Waals surface area contributed by atoms with E-state index in [0.29, 0.717) is 38.9 Å². The van der Waals surface area contributed by atoms with Crippen LogP contribution in [0.2, 0.25) is 0 Å². The molecule has 0 saturated carbocycles. The minimum absolute atomic E-state index is 0.347. The minimum atomic E-state index is -0.473. The molecule has 0 heterocycles. The van der Waals surface area contributed by atoms with Crippen LogP contribution in [0.3, 0.4) is 0 Å². The van der Waals surface area contributed by atoms with Gasteiger partial charge in [0.15, 0.2) is 0 Å². The fraction of sp³-hybridized carbons (Fsp3) is 0.625. The number of aliphatic hydroxyl groups excluding tert-OH is 1. The summed E-state index contributed by atoms with van der Waals surface area (Å²) in [6.07, 6.45) is -0.473. The van der Waals surface area contributed by atoms with Crippen molar-refractivity contribution in [2.45, 2.75) is 25.9 Å². The van der Waals surface area contributed by atoms with Gasteiger partial charge in [-0.25, -0.2) is 0 Å². The zero-order chi connectivity index (χ0) is 14.6. The van der Waals surface area contributed by atoms with E-state index in [0.717, 1.165) is 6.54 Å². The summed E-state index contributed by atoms with van der Waals surface area (Å²) < 4.78 is 10.5. The maximum absolute atomic E-state index is 9.76. The molecule has 0 radical (unpaired) electrons. The van der Waals surface area contributed by atoms with E-state index >= 15 is 0 Å². The van der Waals surface area contributed by atoms with E-state index < -0.39 is 6.10 Å². The Morgan fingerprint density at radius 1 is 1.10 bits per heavy atom. The van der Waals surface area contributed by atoms with Crippen LogP contribution < -0.4 is 5.32 Å². The molecule has 0 spiro atoms. The van der Waals surface area contributed by atoms with Crippen molar-refractivity contribution in [2.75, 3.05) is 39.5 Å². The molecule has 0 aliphatic heterocycles. The Bertz CT molecular complexity index is 332. The van der Waals surface area contributed by atoms with Gasteiger partial charge in [0.1, 0.15) is 0 Å². The predicted octanol–water partition coefficient (Wildman–Crippen LogP) is 1.79. The van der Waals surface area contributed by atoms with Crippen molar-refractivity contribution in [1.82, 2.24) is 5.32 Å². The van der Waals surface area contributed by atoms with Gasteiger partial charge in [0.2, 0.25) is 0 Å². The second-order valence-corrected chi connectivity index (χ2v) is 4.90. The molecule has 0 saturated heterocycles. The third-order valence-corrected chi connectivity index (χ3v) is 3.09. The maximum Gasteiger partial charge on any atom is 0.0897 e. The largest absolute Gasteiger partial charge is 0.389 e. The summed E-state index contributed by atoms with van der Waals surface area (Å²) in [5, 5.41) is 13.0. The first-order valence-electron chi connectivity index (χ1n) is 7.33. The highest BCUT2D eigenvalue weighted by Crippen LogP contribution is 2.12. The summed E-state index contributed by atoms with van der Waals surface area (Å²) in [5.74, 6) is 0.433. The third kappa shape index (κ3) is 7.60. The van der Waals surface area contributed by atoms with Gasteiger partial charge in [-0.2, -0.15) is 0 Å². The van der Waals surface area contributed by atoms with E-state index in [-0.39, 0.29) is 0 Å². The van der Waals surface area contributed by atoms with Crippen LogP contribution in [0, 0.1) is 0 Å². The van der Waals surface area contributed by atoms with Crippen LogP contribution in [-0.2, 0) is 9.47 Å². The molecule has 0 aliphatic rings. The highest BCUT2D eigenvalue weighted by Gasteiger charge is 2.07. The van der Waals surface area contributed by atoms with Crippen LogP contribution in [0.4, 0.5) is 0 Å². The Labute approximate surface area is 122 Å². The third-order valence-electron chi connectivity index (χ3n) is 3.09. The Morgan fingerprint density at radius 3 is 2.50 bits per heavy atom. The van der Waals surface area contributed by atoms with Crippen LogP contribution in [0.15, 0.2) is 30.3 Å². The zero-order valence-electron chi connectivity index (χ0n) is 12.5. The molecular formula is C16H27NO3. The van der Waals surface area contributed by atoms with E-state index in [1.165, 1.54) is 5.56 Å². The molecule has 2 N–H and O–H groups in total. The quantitative estimate of drug-likeness (QED) is 0.607. The van der Waals surface area contributed by atoms with Gasteiger partial charge in [-0.05, 0) is 18.4 Å². The van der Waals surface area contributed by atoms with Gasteiger partial charge in [0.05, 0.1) is 25.9 Å². The lowest BCUT2D eigenvalue weighted by atomic mass is 10.0. The molecule has 114 valence electrons. The van der Waals surface area contributed by atoms with Gasteiger partial charge in [-0.3, -0.25) is 0 Å². The van der Waals surface area contributed by atoms with Crippen molar-refractivity contribution in [2.24, 2.45) is 0 Å². The number of benzene rings is 1. The van der Waals surface area contributed by atoms with Gasteiger partial charge in [0.25, 0.3) is 0 Å². The molecule has 1 rings (SSSR count). The van der Waals surface area contributed by atoms with Crippen molar-refractivity contribution in [1.29, 1.82) is 0 Å². The summed E-state index contributed by atoms with van der Waals surface area (Å²) in [6.45, 7) is 7.68. The number of aliphatic hydroxyl groups is 1. The van der Waals surface area contributed by atoms with Gasteiger partial charge in [0, 0.05) is 19.7 Å². The Balaban J connectivity index is 2.05. The van der Waals surface area contributed by atoms with E-state index in [1.807, 2.05) is 25.1 Å². The summed E-state index contributed by atoms with van der Waals surface area (Å²) in [5.41, 5.74) is 1.31. The van der Waals surface area contributed by atoms with E-state index in [2.05, 4.69) is 24.4 Å². The maximum atomic E-state index is 9.76. The highest BCUT2D eigenvalue weighted by molar-refractivity contribution is 5.18. The van der Waals surface area contributed by atoms with E-state index in [9.17, 15) is 5.11 Å². The molecule has 1 aromatic rings. The zero-order valence-corrected chi connectivity index (χ0v) is 12.5. The fourth-order valence-corrected chi connectivity index (χ4v) is 1.91. The van der Waals surface area contributed by atoms with Crippen molar-refractivity contribution < 1.29 is 14.6 Å². The summed E-state index contributed by atoms with van der Waals surface area (Å²) in [6, 6.07) is 10.4. The molecule has 2 unspecified atom stereocenters. The number of ether oxygens (including phenoxy) is 2. The van der Waals surface area contributed by atoms with Crippen molar-refractivity contribution in [3.63, 3.8) is 0 Å². The second kappa shape index (κ2) is 10.8. The summed E-state index contributed by atoms with van der Waals surface area (Å²) in [4.78, 5) is 0. The molecule has 2 atom stereocenters. The summed E-state index contributed by atoms with van der Waals surface area (Å²) in [7, 11) is 0. The Morgan fingerprint density at radius 2 is 1.80 bits per heavy atom. The number of hydrogen-bond acceptors (Lipinski definition) is 4. The molecule has 4 nitrogen and oxygen atoms in total. The van der Waals surface area contributed by atoms with Gasteiger partial charge in [-0.1, -0.05) is 37.3 Å². The van der Waals surface area contributed by atoms with E-state index in [4.69, 9.17) is 9.47 Å². The first-order valence-corrected chi connectivity index (χ1v) is 7.33. The topological polar surface area (TPSA) is 50.7 Å². The molecule has 4 heteroatoms. The molecule has 20 heavy (non-hydrogen) atoms. The SMILES string of the molecule is CCOCCOCC(O)CNCC(C)c1ccccc1. The van der Waals surface area contributed by atoms with E-state index in [1.54, 1.807) is 0 Å². The number of hydrogen-bond donors (Lipinski definition) is 2. The smallest absolute Gasteiger partial charge is 0.0897 e. The molecule has 0 fully saturated rings. The lowest BCUT2D eigenvalue weighted by molar-refractivity contribution is 0.00650. The Kier molecular flexibility index (Phi) is 9.24. The lowest BCUT2D eigenvalue weighted by Crippen LogP contribution is -2.32. The van der Waals surface area contributed by atoms with Crippen LogP contribution in [0.25, 0.3) is 0 Å².